The first-order chi connectivity index (χ1) is 8.99. The van der Waals surface area contributed by atoms with Gasteiger partial charge in [0.15, 0.2) is 9.84 Å². The summed E-state index contributed by atoms with van der Waals surface area (Å²) >= 11 is 0. The third-order valence-electron chi connectivity index (χ3n) is 3.08. The second kappa shape index (κ2) is 5.57. The maximum atomic E-state index is 12.4. The minimum Gasteiger partial charge on any atom is -0.223 e. The summed E-state index contributed by atoms with van der Waals surface area (Å²) in [6.07, 6.45) is 0. The Morgan fingerprint density at radius 2 is 1.63 bits per heavy atom. The summed E-state index contributed by atoms with van der Waals surface area (Å²) in [5.74, 6) is 0.377. The molecule has 2 rings (SSSR count). The minimum absolute atomic E-state index is 0.0510. The van der Waals surface area contributed by atoms with Gasteiger partial charge < -0.3 is 0 Å². The van der Waals surface area contributed by atoms with Crippen LogP contribution >= 0.6 is 0 Å². The van der Waals surface area contributed by atoms with E-state index in [-0.39, 0.29) is 5.75 Å². The molecule has 0 aromatic heterocycles. The molecule has 0 radical (unpaired) electrons. The Hall–Kier alpha value is -1.61. The maximum Gasteiger partial charge on any atom is 0.182 e. The SMILES string of the molecule is CC(C)c1cccc(S(=O)(=O)Cc2ccccc2)c1. The van der Waals surface area contributed by atoms with Crippen LogP contribution in [-0.2, 0) is 15.6 Å². The molecule has 0 N–H and O–H groups in total. The summed E-state index contributed by atoms with van der Waals surface area (Å²) in [6, 6.07) is 16.5. The Kier molecular flexibility index (Phi) is 4.05. The first-order valence-corrected chi connectivity index (χ1v) is 8.01. The van der Waals surface area contributed by atoms with Gasteiger partial charge in [-0.25, -0.2) is 8.42 Å². The molecule has 19 heavy (non-hydrogen) atoms. The van der Waals surface area contributed by atoms with Gasteiger partial charge in [-0.1, -0.05) is 56.3 Å². The van der Waals surface area contributed by atoms with Crippen molar-refractivity contribution in [1.82, 2.24) is 0 Å². The lowest BCUT2D eigenvalue weighted by atomic mass is 10.0. The molecular formula is C16H18O2S. The minimum atomic E-state index is -3.27. The molecule has 0 bridgehead atoms. The molecule has 0 heterocycles. The van der Waals surface area contributed by atoms with E-state index < -0.39 is 9.84 Å². The van der Waals surface area contributed by atoms with E-state index in [2.05, 4.69) is 13.8 Å². The topological polar surface area (TPSA) is 34.1 Å². The van der Waals surface area contributed by atoms with Crippen molar-refractivity contribution < 1.29 is 8.42 Å². The predicted octanol–water partition coefficient (Wildman–Crippen LogP) is 3.78. The normalized spacial score (nSPS) is 11.7. The van der Waals surface area contributed by atoms with E-state index in [9.17, 15) is 8.42 Å². The third-order valence-corrected chi connectivity index (χ3v) is 4.77. The van der Waals surface area contributed by atoms with Crippen molar-refractivity contribution in [1.29, 1.82) is 0 Å². The molecule has 100 valence electrons. The van der Waals surface area contributed by atoms with E-state index in [1.165, 1.54) is 0 Å². The first-order valence-electron chi connectivity index (χ1n) is 6.36. The quantitative estimate of drug-likeness (QED) is 0.850. The summed E-state index contributed by atoms with van der Waals surface area (Å²) in [5.41, 5.74) is 1.87. The van der Waals surface area contributed by atoms with Crippen LogP contribution in [0.25, 0.3) is 0 Å². The third kappa shape index (κ3) is 3.44. The van der Waals surface area contributed by atoms with Crippen LogP contribution in [0, 0.1) is 0 Å². The predicted molar refractivity (Wildman–Crippen MR) is 77.9 cm³/mol. The van der Waals surface area contributed by atoms with Crippen molar-refractivity contribution >= 4 is 9.84 Å². The molecule has 0 amide bonds. The molecule has 0 aliphatic carbocycles. The molecule has 0 atom stereocenters. The second-order valence-corrected chi connectivity index (χ2v) is 6.96. The van der Waals surface area contributed by atoms with Crippen molar-refractivity contribution in [2.24, 2.45) is 0 Å². The van der Waals surface area contributed by atoms with Crippen LogP contribution in [0.5, 0.6) is 0 Å². The lowest BCUT2D eigenvalue weighted by Gasteiger charge is -2.09. The summed E-state index contributed by atoms with van der Waals surface area (Å²) < 4.78 is 24.8. The summed E-state index contributed by atoms with van der Waals surface area (Å²) in [6.45, 7) is 4.12. The fourth-order valence-electron chi connectivity index (χ4n) is 1.94. The van der Waals surface area contributed by atoms with E-state index in [1.54, 1.807) is 12.1 Å². The van der Waals surface area contributed by atoms with Gasteiger partial charge >= 0.3 is 0 Å². The fraction of sp³-hybridized carbons (Fsp3) is 0.250. The van der Waals surface area contributed by atoms with E-state index in [0.29, 0.717) is 10.8 Å². The van der Waals surface area contributed by atoms with E-state index >= 15 is 0 Å². The average molecular weight is 274 g/mol. The summed E-state index contributed by atoms with van der Waals surface area (Å²) in [7, 11) is -3.27. The molecule has 2 nitrogen and oxygen atoms in total. The number of sulfone groups is 1. The van der Waals surface area contributed by atoms with E-state index in [0.717, 1.165) is 11.1 Å². The van der Waals surface area contributed by atoms with Crippen molar-refractivity contribution in [2.75, 3.05) is 0 Å². The highest BCUT2D eigenvalue weighted by molar-refractivity contribution is 7.90. The lowest BCUT2D eigenvalue weighted by molar-refractivity contribution is 0.595. The van der Waals surface area contributed by atoms with Crippen molar-refractivity contribution in [3.05, 3.63) is 65.7 Å². The summed E-state index contributed by atoms with van der Waals surface area (Å²) in [5, 5.41) is 0. The van der Waals surface area contributed by atoms with Gasteiger partial charge in [-0.15, -0.1) is 0 Å². The van der Waals surface area contributed by atoms with Crippen molar-refractivity contribution in [2.45, 2.75) is 30.4 Å². The van der Waals surface area contributed by atoms with Gasteiger partial charge in [0.05, 0.1) is 10.6 Å². The molecule has 0 aliphatic heterocycles. The molecule has 0 saturated heterocycles. The largest absolute Gasteiger partial charge is 0.223 e. The molecular weight excluding hydrogens is 256 g/mol. The number of hydrogen-bond acceptors (Lipinski definition) is 2. The fourth-order valence-corrected chi connectivity index (χ4v) is 3.34. The highest BCUT2D eigenvalue weighted by atomic mass is 32.2. The molecule has 0 spiro atoms. The highest BCUT2D eigenvalue weighted by Crippen LogP contribution is 2.21. The Bertz CT molecular complexity index is 643. The monoisotopic (exact) mass is 274 g/mol. The van der Waals surface area contributed by atoms with Gasteiger partial charge in [0.25, 0.3) is 0 Å². The van der Waals surface area contributed by atoms with Gasteiger partial charge in [0, 0.05) is 0 Å². The molecule has 0 unspecified atom stereocenters. The number of rotatable bonds is 4. The Balaban J connectivity index is 2.32. The van der Waals surface area contributed by atoms with Crippen LogP contribution in [0.1, 0.15) is 30.9 Å². The van der Waals surface area contributed by atoms with Crippen molar-refractivity contribution in [3.8, 4) is 0 Å². The van der Waals surface area contributed by atoms with Crippen LogP contribution in [-0.4, -0.2) is 8.42 Å². The molecule has 0 aliphatic rings. The van der Waals surface area contributed by atoms with Crippen LogP contribution in [0.15, 0.2) is 59.5 Å². The van der Waals surface area contributed by atoms with Gasteiger partial charge in [-0.3, -0.25) is 0 Å². The van der Waals surface area contributed by atoms with Crippen molar-refractivity contribution in [3.63, 3.8) is 0 Å². The number of benzene rings is 2. The second-order valence-electron chi connectivity index (χ2n) is 4.97. The highest BCUT2D eigenvalue weighted by Gasteiger charge is 2.16. The van der Waals surface area contributed by atoms with E-state index in [1.807, 2.05) is 42.5 Å². The lowest BCUT2D eigenvalue weighted by Crippen LogP contribution is -2.05. The molecule has 0 fully saturated rings. The summed E-state index contributed by atoms with van der Waals surface area (Å²) in [4.78, 5) is 0.405. The van der Waals surface area contributed by atoms with Crippen LogP contribution in [0.4, 0.5) is 0 Å². The zero-order valence-electron chi connectivity index (χ0n) is 11.2. The van der Waals surface area contributed by atoms with Gasteiger partial charge in [-0.2, -0.15) is 0 Å². The smallest absolute Gasteiger partial charge is 0.182 e. The van der Waals surface area contributed by atoms with Crippen LogP contribution < -0.4 is 0 Å². The first kappa shape index (κ1) is 13.8. The zero-order valence-corrected chi connectivity index (χ0v) is 12.0. The van der Waals surface area contributed by atoms with Gasteiger partial charge in [0.2, 0.25) is 0 Å². The molecule has 2 aromatic carbocycles. The molecule has 0 saturated carbocycles. The average Bonchev–Trinajstić information content (AvgIpc) is 2.39. The van der Waals surface area contributed by atoms with E-state index in [4.69, 9.17) is 0 Å². The molecule has 3 heteroatoms. The Morgan fingerprint density at radius 1 is 0.947 bits per heavy atom. The standard InChI is InChI=1S/C16H18O2S/c1-13(2)15-9-6-10-16(11-15)19(17,18)12-14-7-4-3-5-8-14/h3-11,13H,12H2,1-2H3. The zero-order chi connectivity index (χ0) is 13.9. The maximum absolute atomic E-state index is 12.4. The van der Waals surface area contributed by atoms with Crippen LogP contribution in [0.2, 0.25) is 0 Å². The van der Waals surface area contributed by atoms with Crippen LogP contribution in [0.3, 0.4) is 0 Å². The molecule has 2 aromatic rings. The Morgan fingerprint density at radius 3 is 2.26 bits per heavy atom. The Labute approximate surface area is 115 Å². The number of hydrogen-bond donors (Lipinski definition) is 0. The van der Waals surface area contributed by atoms with Gasteiger partial charge in [0.1, 0.15) is 0 Å². The van der Waals surface area contributed by atoms with Gasteiger partial charge in [-0.05, 0) is 29.2 Å².